The Hall–Kier alpha value is -2.27. The summed E-state index contributed by atoms with van der Waals surface area (Å²) in [6.45, 7) is 4.81. The standard InChI is InChI=1S/C18H21NO3S/c1-4-18(20)19(12-15-8-10-23-13-15)9-7-14-5-6-16(21-2)17(11-14)22-3/h4-6,8,10-11,13H,1,7,9,12H2,2-3H3. The molecule has 0 radical (unpaired) electrons. The molecule has 4 nitrogen and oxygen atoms in total. The van der Waals surface area contributed by atoms with Gasteiger partial charge < -0.3 is 14.4 Å². The number of benzene rings is 1. The molecule has 0 spiro atoms. The molecule has 5 heteroatoms. The Bertz CT molecular complexity index is 652. The van der Waals surface area contributed by atoms with E-state index >= 15 is 0 Å². The molecule has 0 saturated carbocycles. The molecular formula is C18H21NO3S. The van der Waals surface area contributed by atoms with E-state index in [0.29, 0.717) is 24.6 Å². The second-order valence-corrected chi connectivity index (χ2v) is 5.81. The van der Waals surface area contributed by atoms with Crippen LogP contribution in [-0.4, -0.2) is 31.6 Å². The SMILES string of the molecule is C=CC(=O)N(CCc1ccc(OC)c(OC)c1)Cc1ccsc1. The lowest BCUT2D eigenvalue weighted by atomic mass is 10.1. The maximum Gasteiger partial charge on any atom is 0.246 e. The summed E-state index contributed by atoms with van der Waals surface area (Å²) < 4.78 is 10.6. The van der Waals surface area contributed by atoms with Crippen molar-refractivity contribution in [2.45, 2.75) is 13.0 Å². The number of ether oxygens (including phenoxy) is 2. The summed E-state index contributed by atoms with van der Waals surface area (Å²) in [4.78, 5) is 13.8. The Morgan fingerprint density at radius 2 is 2.00 bits per heavy atom. The zero-order valence-corrected chi connectivity index (χ0v) is 14.3. The lowest BCUT2D eigenvalue weighted by molar-refractivity contribution is -0.126. The third-order valence-corrected chi connectivity index (χ3v) is 4.29. The van der Waals surface area contributed by atoms with Gasteiger partial charge in [0.2, 0.25) is 5.91 Å². The van der Waals surface area contributed by atoms with Gasteiger partial charge in [0.1, 0.15) is 0 Å². The number of hydrogen-bond acceptors (Lipinski definition) is 4. The van der Waals surface area contributed by atoms with E-state index < -0.39 is 0 Å². The second kappa shape index (κ2) is 8.39. The molecule has 0 aliphatic heterocycles. The molecule has 0 N–H and O–H groups in total. The van der Waals surface area contributed by atoms with Crippen molar-refractivity contribution >= 4 is 17.2 Å². The van der Waals surface area contributed by atoms with Crippen LogP contribution in [0.5, 0.6) is 11.5 Å². The molecule has 0 saturated heterocycles. The number of rotatable bonds is 8. The van der Waals surface area contributed by atoms with Crippen molar-refractivity contribution in [2.24, 2.45) is 0 Å². The fourth-order valence-electron chi connectivity index (χ4n) is 2.30. The molecular weight excluding hydrogens is 310 g/mol. The summed E-state index contributed by atoms with van der Waals surface area (Å²) >= 11 is 1.63. The molecule has 1 amide bonds. The van der Waals surface area contributed by atoms with E-state index in [4.69, 9.17) is 9.47 Å². The van der Waals surface area contributed by atoms with E-state index in [9.17, 15) is 4.79 Å². The van der Waals surface area contributed by atoms with Crippen molar-refractivity contribution < 1.29 is 14.3 Å². The topological polar surface area (TPSA) is 38.8 Å². The molecule has 1 heterocycles. The lowest BCUT2D eigenvalue weighted by Gasteiger charge is -2.21. The first-order valence-electron chi connectivity index (χ1n) is 7.31. The normalized spacial score (nSPS) is 10.2. The molecule has 0 aliphatic carbocycles. The first-order chi connectivity index (χ1) is 11.2. The zero-order valence-electron chi connectivity index (χ0n) is 13.5. The van der Waals surface area contributed by atoms with Crippen molar-refractivity contribution in [3.8, 4) is 11.5 Å². The van der Waals surface area contributed by atoms with E-state index in [1.165, 1.54) is 6.08 Å². The number of thiophene rings is 1. The van der Waals surface area contributed by atoms with Crippen LogP contribution in [0.1, 0.15) is 11.1 Å². The molecule has 2 aromatic rings. The van der Waals surface area contributed by atoms with E-state index in [2.05, 4.69) is 12.0 Å². The highest BCUT2D eigenvalue weighted by molar-refractivity contribution is 7.07. The van der Waals surface area contributed by atoms with Gasteiger partial charge in [0.25, 0.3) is 0 Å². The summed E-state index contributed by atoms with van der Waals surface area (Å²) in [5, 5.41) is 4.07. The number of amides is 1. The Morgan fingerprint density at radius 3 is 2.61 bits per heavy atom. The maximum absolute atomic E-state index is 12.0. The van der Waals surface area contributed by atoms with Gasteiger partial charge in [-0.1, -0.05) is 12.6 Å². The van der Waals surface area contributed by atoms with E-state index in [1.54, 1.807) is 30.5 Å². The van der Waals surface area contributed by atoms with Gasteiger partial charge in [0, 0.05) is 13.1 Å². The molecule has 122 valence electrons. The van der Waals surface area contributed by atoms with Gasteiger partial charge in [-0.25, -0.2) is 0 Å². The van der Waals surface area contributed by atoms with Gasteiger partial charge in [0.15, 0.2) is 11.5 Å². The number of nitrogens with zero attached hydrogens (tertiary/aromatic N) is 1. The van der Waals surface area contributed by atoms with Gasteiger partial charge in [-0.15, -0.1) is 0 Å². The molecule has 1 aromatic heterocycles. The number of carbonyl (C=O) groups excluding carboxylic acids is 1. The van der Waals surface area contributed by atoms with Crippen LogP contribution in [0, 0.1) is 0 Å². The monoisotopic (exact) mass is 331 g/mol. The molecule has 0 aliphatic rings. The summed E-state index contributed by atoms with van der Waals surface area (Å²) in [6, 6.07) is 7.85. The average Bonchev–Trinajstić information content (AvgIpc) is 3.10. The number of methoxy groups -OCH3 is 2. The predicted octanol–water partition coefficient (Wildman–Crippen LogP) is 3.52. The summed E-state index contributed by atoms with van der Waals surface area (Å²) in [6.07, 6.45) is 2.10. The Kier molecular flexibility index (Phi) is 6.23. The van der Waals surface area contributed by atoms with Gasteiger partial charge >= 0.3 is 0 Å². The highest BCUT2D eigenvalue weighted by Crippen LogP contribution is 2.27. The smallest absolute Gasteiger partial charge is 0.246 e. The van der Waals surface area contributed by atoms with Crippen molar-refractivity contribution in [1.29, 1.82) is 0 Å². The Morgan fingerprint density at radius 1 is 1.22 bits per heavy atom. The fraction of sp³-hybridized carbons (Fsp3) is 0.278. The Balaban J connectivity index is 2.05. The minimum Gasteiger partial charge on any atom is -0.493 e. The van der Waals surface area contributed by atoms with Crippen LogP contribution < -0.4 is 9.47 Å². The summed E-state index contributed by atoms with van der Waals surface area (Å²) in [5.41, 5.74) is 2.23. The Labute approximate surface area is 141 Å². The summed E-state index contributed by atoms with van der Waals surface area (Å²) in [5.74, 6) is 1.34. The van der Waals surface area contributed by atoms with Crippen LogP contribution in [0.25, 0.3) is 0 Å². The molecule has 0 fully saturated rings. The first kappa shape index (κ1) is 17.1. The van der Waals surface area contributed by atoms with E-state index in [-0.39, 0.29) is 5.91 Å². The van der Waals surface area contributed by atoms with Crippen molar-refractivity contribution in [3.63, 3.8) is 0 Å². The van der Waals surface area contributed by atoms with Crippen LogP contribution in [-0.2, 0) is 17.8 Å². The molecule has 0 bridgehead atoms. The van der Waals surface area contributed by atoms with Gasteiger partial charge in [0.05, 0.1) is 14.2 Å². The quantitative estimate of drug-likeness (QED) is 0.695. The van der Waals surface area contributed by atoms with E-state index in [1.807, 2.05) is 29.6 Å². The number of hydrogen-bond donors (Lipinski definition) is 0. The largest absolute Gasteiger partial charge is 0.493 e. The third-order valence-electron chi connectivity index (χ3n) is 3.56. The van der Waals surface area contributed by atoms with Crippen LogP contribution in [0.2, 0.25) is 0 Å². The van der Waals surface area contributed by atoms with Gasteiger partial charge in [-0.05, 0) is 52.6 Å². The van der Waals surface area contributed by atoms with Crippen molar-refractivity contribution in [1.82, 2.24) is 4.90 Å². The summed E-state index contributed by atoms with van der Waals surface area (Å²) in [7, 11) is 3.23. The van der Waals surface area contributed by atoms with E-state index in [0.717, 1.165) is 17.5 Å². The maximum atomic E-state index is 12.0. The molecule has 0 atom stereocenters. The lowest BCUT2D eigenvalue weighted by Crippen LogP contribution is -2.30. The minimum absolute atomic E-state index is 0.0586. The minimum atomic E-state index is -0.0586. The van der Waals surface area contributed by atoms with Crippen LogP contribution in [0.3, 0.4) is 0 Å². The highest BCUT2D eigenvalue weighted by Gasteiger charge is 2.12. The predicted molar refractivity (Wildman–Crippen MR) is 93.2 cm³/mol. The molecule has 23 heavy (non-hydrogen) atoms. The van der Waals surface area contributed by atoms with Crippen LogP contribution in [0.15, 0.2) is 47.7 Å². The second-order valence-electron chi connectivity index (χ2n) is 5.03. The fourth-order valence-corrected chi connectivity index (χ4v) is 2.96. The zero-order chi connectivity index (χ0) is 16.7. The van der Waals surface area contributed by atoms with Crippen LogP contribution in [0.4, 0.5) is 0 Å². The number of carbonyl (C=O) groups is 1. The molecule has 1 aromatic carbocycles. The molecule has 0 unspecified atom stereocenters. The highest BCUT2D eigenvalue weighted by atomic mass is 32.1. The van der Waals surface area contributed by atoms with Crippen molar-refractivity contribution in [3.05, 3.63) is 58.8 Å². The van der Waals surface area contributed by atoms with Gasteiger partial charge in [-0.3, -0.25) is 4.79 Å². The van der Waals surface area contributed by atoms with Crippen molar-refractivity contribution in [2.75, 3.05) is 20.8 Å². The average molecular weight is 331 g/mol. The third kappa shape index (κ3) is 4.60. The first-order valence-corrected chi connectivity index (χ1v) is 8.25. The van der Waals surface area contributed by atoms with Crippen LogP contribution >= 0.6 is 11.3 Å². The molecule has 2 rings (SSSR count). The van der Waals surface area contributed by atoms with Gasteiger partial charge in [-0.2, -0.15) is 11.3 Å².